The standard InChI is InChI=1S/C21H32ClN3O2/c1-21(2,16-10-12-17(22)13-11-16)15-24-19(26)9-6-14-23-20(27)25-18-7-4-3-5-8-18/h10-13,18H,3-9,14-15H2,1-2H3,(H,24,26)(H2,23,25,27). The summed E-state index contributed by atoms with van der Waals surface area (Å²) in [5, 5.41) is 9.56. The van der Waals surface area contributed by atoms with Crippen molar-refractivity contribution >= 4 is 23.5 Å². The van der Waals surface area contributed by atoms with Crippen molar-refractivity contribution in [2.45, 2.75) is 70.3 Å². The third kappa shape index (κ3) is 7.79. The normalized spacial score (nSPS) is 15.2. The zero-order chi connectivity index (χ0) is 19.7. The molecule has 1 aliphatic carbocycles. The Morgan fingerprint density at radius 2 is 1.74 bits per heavy atom. The number of rotatable bonds is 8. The summed E-state index contributed by atoms with van der Waals surface area (Å²) in [6.07, 6.45) is 6.82. The van der Waals surface area contributed by atoms with Gasteiger partial charge in [-0.05, 0) is 37.0 Å². The second-order valence-electron chi connectivity index (χ2n) is 8.01. The zero-order valence-electron chi connectivity index (χ0n) is 16.4. The van der Waals surface area contributed by atoms with E-state index >= 15 is 0 Å². The molecule has 0 unspecified atom stereocenters. The molecule has 1 saturated carbocycles. The SMILES string of the molecule is CC(C)(CNC(=O)CCCNC(=O)NC1CCCCC1)c1ccc(Cl)cc1. The first kappa shape index (κ1) is 21.5. The van der Waals surface area contributed by atoms with Gasteiger partial charge in [-0.3, -0.25) is 4.79 Å². The average Bonchev–Trinajstić information content (AvgIpc) is 2.65. The summed E-state index contributed by atoms with van der Waals surface area (Å²) in [5.74, 6) is 0.00604. The fourth-order valence-corrected chi connectivity index (χ4v) is 3.47. The molecular formula is C21H32ClN3O2. The minimum Gasteiger partial charge on any atom is -0.355 e. The highest BCUT2D eigenvalue weighted by Gasteiger charge is 2.21. The Morgan fingerprint density at radius 1 is 1.07 bits per heavy atom. The highest BCUT2D eigenvalue weighted by molar-refractivity contribution is 6.30. The number of nitrogens with one attached hydrogen (secondary N) is 3. The molecule has 0 bridgehead atoms. The molecule has 0 heterocycles. The number of amides is 3. The summed E-state index contributed by atoms with van der Waals surface area (Å²) < 4.78 is 0. The fraction of sp³-hybridized carbons (Fsp3) is 0.619. The van der Waals surface area contributed by atoms with E-state index in [-0.39, 0.29) is 17.4 Å². The lowest BCUT2D eigenvalue weighted by Crippen LogP contribution is -2.43. The molecule has 5 nitrogen and oxygen atoms in total. The first-order valence-electron chi connectivity index (χ1n) is 9.94. The van der Waals surface area contributed by atoms with Crippen LogP contribution >= 0.6 is 11.6 Å². The van der Waals surface area contributed by atoms with Crippen LogP contribution in [0.4, 0.5) is 4.79 Å². The fourth-order valence-electron chi connectivity index (χ4n) is 3.35. The Hall–Kier alpha value is -1.75. The summed E-state index contributed by atoms with van der Waals surface area (Å²) in [6, 6.07) is 7.89. The van der Waals surface area contributed by atoms with Crippen LogP contribution < -0.4 is 16.0 Å². The van der Waals surface area contributed by atoms with Gasteiger partial charge in [0.05, 0.1) is 0 Å². The van der Waals surface area contributed by atoms with Crippen LogP contribution in [-0.4, -0.2) is 31.1 Å². The second kappa shape index (κ2) is 10.5. The van der Waals surface area contributed by atoms with E-state index in [1.807, 2.05) is 24.3 Å². The Balaban J connectivity index is 1.60. The van der Waals surface area contributed by atoms with Crippen molar-refractivity contribution in [1.29, 1.82) is 0 Å². The largest absolute Gasteiger partial charge is 0.355 e. The number of carbonyl (C=O) groups excluding carboxylic acids is 2. The van der Waals surface area contributed by atoms with Crippen LogP contribution in [-0.2, 0) is 10.2 Å². The Kier molecular flexibility index (Phi) is 8.42. The summed E-state index contributed by atoms with van der Waals surface area (Å²) >= 11 is 5.93. The Labute approximate surface area is 167 Å². The lowest BCUT2D eigenvalue weighted by atomic mass is 9.84. The number of carbonyl (C=O) groups is 2. The van der Waals surface area contributed by atoms with Crippen molar-refractivity contribution in [2.24, 2.45) is 0 Å². The number of urea groups is 1. The maximum absolute atomic E-state index is 12.1. The van der Waals surface area contributed by atoms with E-state index in [1.165, 1.54) is 19.3 Å². The van der Waals surface area contributed by atoms with Gasteiger partial charge < -0.3 is 16.0 Å². The highest BCUT2D eigenvalue weighted by atomic mass is 35.5. The van der Waals surface area contributed by atoms with Crippen molar-refractivity contribution in [3.8, 4) is 0 Å². The predicted octanol–water partition coefficient (Wildman–Crippen LogP) is 4.15. The molecule has 0 spiro atoms. The van der Waals surface area contributed by atoms with E-state index in [9.17, 15) is 9.59 Å². The van der Waals surface area contributed by atoms with Crippen molar-refractivity contribution in [3.05, 3.63) is 34.9 Å². The first-order valence-corrected chi connectivity index (χ1v) is 10.3. The topological polar surface area (TPSA) is 70.2 Å². The van der Waals surface area contributed by atoms with Gasteiger partial charge in [0.25, 0.3) is 0 Å². The van der Waals surface area contributed by atoms with E-state index < -0.39 is 0 Å². The van der Waals surface area contributed by atoms with E-state index in [4.69, 9.17) is 11.6 Å². The Bertz CT molecular complexity index is 610. The summed E-state index contributed by atoms with van der Waals surface area (Å²) in [5.41, 5.74) is 0.964. The van der Waals surface area contributed by atoms with Gasteiger partial charge in [0.2, 0.25) is 5.91 Å². The van der Waals surface area contributed by atoms with Crippen molar-refractivity contribution in [1.82, 2.24) is 16.0 Å². The number of hydrogen-bond acceptors (Lipinski definition) is 2. The summed E-state index contributed by atoms with van der Waals surface area (Å²) in [6.45, 7) is 5.25. The first-order chi connectivity index (χ1) is 12.9. The van der Waals surface area contributed by atoms with Gasteiger partial charge >= 0.3 is 6.03 Å². The molecule has 0 aromatic heterocycles. The van der Waals surface area contributed by atoms with Crippen LogP contribution in [0, 0.1) is 0 Å². The molecule has 0 atom stereocenters. The van der Waals surface area contributed by atoms with Gasteiger partial charge in [0, 0.05) is 36.0 Å². The highest BCUT2D eigenvalue weighted by Crippen LogP contribution is 2.23. The van der Waals surface area contributed by atoms with Gasteiger partial charge in [-0.1, -0.05) is 56.8 Å². The number of benzene rings is 1. The van der Waals surface area contributed by atoms with Crippen molar-refractivity contribution < 1.29 is 9.59 Å². The van der Waals surface area contributed by atoms with E-state index in [2.05, 4.69) is 29.8 Å². The summed E-state index contributed by atoms with van der Waals surface area (Å²) in [4.78, 5) is 23.9. The van der Waals surface area contributed by atoms with Crippen LogP contribution in [0.3, 0.4) is 0 Å². The second-order valence-corrected chi connectivity index (χ2v) is 8.44. The van der Waals surface area contributed by atoms with Crippen LogP contribution in [0.25, 0.3) is 0 Å². The molecule has 27 heavy (non-hydrogen) atoms. The molecular weight excluding hydrogens is 362 g/mol. The maximum atomic E-state index is 12.1. The molecule has 0 saturated heterocycles. The van der Waals surface area contributed by atoms with Crippen molar-refractivity contribution in [3.63, 3.8) is 0 Å². The quantitative estimate of drug-likeness (QED) is 0.581. The molecule has 6 heteroatoms. The monoisotopic (exact) mass is 393 g/mol. The molecule has 150 valence electrons. The van der Waals surface area contributed by atoms with Gasteiger partial charge in [-0.2, -0.15) is 0 Å². The molecule has 3 amide bonds. The van der Waals surface area contributed by atoms with E-state index in [1.54, 1.807) is 0 Å². The molecule has 1 aromatic rings. The van der Waals surface area contributed by atoms with E-state index in [0.717, 1.165) is 18.4 Å². The van der Waals surface area contributed by atoms with Gasteiger partial charge in [-0.15, -0.1) is 0 Å². The summed E-state index contributed by atoms with van der Waals surface area (Å²) in [7, 11) is 0. The minimum absolute atomic E-state index is 0.00604. The third-order valence-electron chi connectivity index (χ3n) is 5.16. The van der Waals surface area contributed by atoms with Gasteiger partial charge in [0.15, 0.2) is 0 Å². The van der Waals surface area contributed by atoms with E-state index in [0.29, 0.717) is 37.0 Å². The molecule has 0 radical (unpaired) electrons. The van der Waals surface area contributed by atoms with Crippen molar-refractivity contribution in [2.75, 3.05) is 13.1 Å². The molecule has 1 aliphatic rings. The molecule has 0 aliphatic heterocycles. The van der Waals surface area contributed by atoms with Crippen LogP contribution in [0.2, 0.25) is 5.02 Å². The molecule has 1 fully saturated rings. The van der Waals surface area contributed by atoms with Crippen LogP contribution in [0.1, 0.15) is 64.4 Å². The number of hydrogen-bond donors (Lipinski definition) is 3. The number of halogens is 1. The minimum atomic E-state index is -0.168. The smallest absolute Gasteiger partial charge is 0.315 e. The lowest BCUT2D eigenvalue weighted by molar-refractivity contribution is -0.121. The maximum Gasteiger partial charge on any atom is 0.315 e. The third-order valence-corrected chi connectivity index (χ3v) is 5.41. The molecule has 1 aromatic carbocycles. The predicted molar refractivity (Wildman–Crippen MR) is 110 cm³/mol. The average molecular weight is 394 g/mol. The Morgan fingerprint density at radius 3 is 2.41 bits per heavy atom. The van der Waals surface area contributed by atoms with Crippen LogP contribution in [0.5, 0.6) is 0 Å². The van der Waals surface area contributed by atoms with Gasteiger partial charge in [0.1, 0.15) is 0 Å². The van der Waals surface area contributed by atoms with Crippen LogP contribution in [0.15, 0.2) is 24.3 Å². The molecule has 3 N–H and O–H groups in total. The molecule has 2 rings (SSSR count). The zero-order valence-corrected chi connectivity index (χ0v) is 17.2. The van der Waals surface area contributed by atoms with Gasteiger partial charge in [-0.25, -0.2) is 4.79 Å². The lowest BCUT2D eigenvalue weighted by Gasteiger charge is -2.25.